The second kappa shape index (κ2) is 3.34. The number of hydrogen-bond acceptors (Lipinski definition) is 3. The zero-order valence-corrected chi connectivity index (χ0v) is 7.19. The van der Waals surface area contributed by atoms with Gasteiger partial charge in [0.25, 0.3) is 0 Å². The second-order valence-electron chi connectivity index (χ2n) is 2.05. The fraction of sp³-hybridized carbons (Fsp3) is 0.125. The van der Waals surface area contributed by atoms with Crippen LogP contribution in [0.3, 0.4) is 0 Å². The van der Waals surface area contributed by atoms with Crippen molar-refractivity contribution in [2.24, 2.45) is 0 Å². The number of nitrogens with zero attached hydrogens (tertiary/aromatic N) is 1. The van der Waals surface area contributed by atoms with Crippen molar-refractivity contribution in [1.82, 2.24) is 4.37 Å². The van der Waals surface area contributed by atoms with Crippen molar-refractivity contribution in [1.29, 1.82) is 0 Å². The standard InChI is InChI=1S/C8H10N2S/c1-3-5-7-6(4-2)8(9)10-11-7/h3-5H,2H2,1H3,(H2,9,10)/b5-3-. The van der Waals surface area contributed by atoms with Crippen LogP contribution in [0.1, 0.15) is 17.4 Å². The van der Waals surface area contributed by atoms with Crippen molar-refractivity contribution in [3.8, 4) is 0 Å². The largest absolute Gasteiger partial charge is 0.382 e. The predicted molar refractivity (Wildman–Crippen MR) is 51.3 cm³/mol. The van der Waals surface area contributed by atoms with E-state index in [1.807, 2.05) is 19.1 Å². The maximum atomic E-state index is 5.58. The van der Waals surface area contributed by atoms with Gasteiger partial charge in [-0.2, -0.15) is 4.37 Å². The van der Waals surface area contributed by atoms with Crippen LogP contribution in [0.2, 0.25) is 0 Å². The Kier molecular flexibility index (Phi) is 2.44. The number of nitrogen functional groups attached to an aromatic ring is 1. The van der Waals surface area contributed by atoms with Gasteiger partial charge in [-0.25, -0.2) is 0 Å². The van der Waals surface area contributed by atoms with Crippen LogP contribution in [0, 0.1) is 0 Å². The highest BCUT2D eigenvalue weighted by Crippen LogP contribution is 2.22. The van der Waals surface area contributed by atoms with E-state index in [1.165, 1.54) is 11.5 Å². The Morgan fingerprint density at radius 3 is 2.91 bits per heavy atom. The van der Waals surface area contributed by atoms with E-state index in [1.54, 1.807) is 6.08 Å². The minimum absolute atomic E-state index is 0.568. The summed E-state index contributed by atoms with van der Waals surface area (Å²) in [6.07, 6.45) is 5.67. The third kappa shape index (κ3) is 1.49. The molecule has 0 bridgehead atoms. The first kappa shape index (κ1) is 8.01. The van der Waals surface area contributed by atoms with E-state index < -0.39 is 0 Å². The van der Waals surface area contributed by atoms with Gasteiger partial charge >= 0.3 is 0 Å². The van der Waals surface area contributed by atoms with Crippen molar-refractivity contribution < 1.29 is 0 Å². The molecule has 11 heavy (non-hydrogen) atoms. The third-order valence-electron chi connectivity index (χ3n) is 1.31. The summed E-state index contributed by atoms with van der Waals surface area (Å²) in [5.74, 6) is 0.568. The Morgan fingerprint density at radius 1 is 1.64 bits per heavy atom. The van der Waals surface area contributed by atoms with Crippen LogP contribution >= 0.6 is 11.5 Å². The first-order chi connectivity index (χ1) is 5.29. The number of nitrogens with two attached hydrogens (primary N) is 1. The van der Waals surface area contributed by atoms with Crippen LogP contribution in [0.15, 0.2) is 12.7 Å². The molecule has 0 aliphatic carbocycles. The molecule has 0 fully saturated rings. The summed E-state index contributed by atoms with van der Waals surface area (Å²) in [6, 6.07) is 0. The van der Waals surface area contributed by atoms with Crippen LogP contribution in [0.4, 0.5) is 5.82 Å². The Labute approximate surface area is 70.2 Å². The summed E-state index contributed by atoms with van der Waals surface area (Å²) >= 11 is 1.39. The van der Waals surface area contributed by atoms with E-state index in [0.717, 1.165) is 10.4 Å². The Morgan fingerprint density at radius 2 is 2.36 bits per heavy atom. The lowest BCUT2D eigenvalue weighted by atomic mass is 10.2. The molecule has 2 N–H and O–H groups in total. The lowest BCUT2D eigenvalue weighted by molar-refractivity contribution is 1.55. The molecule has 3 heteroatoms. The van der Waals surface area contributed by atoms with Gasteiger partial charge in [-0.05, 0) is 24.5 Å². The number of anilines is 1. The minimum Gasteiger partial charge on any atom is -0.382 e. The fourth-order valence-electron chi connectivity index (χ4n) is 0.800. The molecule has 2 nitrogen and oxygen atoms in total. The average molecular weight is 166 g/mol. The van der Waals surface area contributed by atoms with Crippen LogP contribution in [0.25, 0.3) is 12.2 Å². The minimum atomic E-state index is 0.568. The number of hydrogen-bond donors (Lipinski definition) is 1. The first-order valence-electron chi connectivity index (χ1n) is 3.30. The van der Waals surface area contributed by atoms with Crippen LogP contribution < -0.4 is 5.73 Å². The molecule has 1 rings (SSSR count). The van der Waals surface area contributed by atoms with Crippen molar-refractivity contribution in [3.05, 3.63) is 23.1 Å². The van der Waals surface area contributed by atoms with Crippen LogP contribution in [-0.2, 0) is 0 Å². The quantitative estimate of drug-likeness (QED) is 0.732. The molecule has 58 valence electrons. The van der Waals surface area contributed by atoms with E-state index >= 15 is 0 Å². The topological polar surface area (TPSA) is 38.9 Å². The normalized spacial score (nSPS) is 10.6. The lowest BCUT2D eigenvalue weighted by Crippen LogP contribution is -1.85. The zero-order valence-electron chi connectivity index (χ0n) is 6.37. The number of aromatic nitrogens is 1. The molecule has 1 aromatic rings. The molecule has 0 unspecified atom stereocenters. The molecule has 0 amide bonds. The summed E-state index contributed by atoms with van der Waals surface area (Å²) in [4.78, 5) is 1.07. The third-order valence-corrected chi connectivity index (χ3v) is 2.15. The van der Waals surface area contributed by atoms with Crippen molar-refractivity contribution in [2.45, 2.75) is 6.92 Å². The molecule has 0 aliphatic heterocycles. The van der Waals surface area contributed by atoms with Crippen LogP contribution in [-0.4, -0.2) is 4.37 Å². The summed E-state index contributed by atoms with van der Waals surface area (Å²) in [5.41, 5.74) is 6.51. The van der Waals surface area contributed by atoms with E-state index in [0.29, 0.717) is 5.82 Å². The highest BCUT2D eigenvalue weighted by molar-refractivity contribution is 7.07. The first-order valence-corrected chi connectivity index (χ1v) is 4.07. The molecular weight excluding hydrogens is 156 g/mol. The maximum absolute atomic E-state index is 5.58. The van der Waals surface area contributed by atoms with Crippen molar-refractivity contribution in [2.75, 3.05) is 5.73 Å². The van der Waals surface area contributed by atoms with Crippen LogP contribution in [0.5, 0.6) is 0 Å². The molecule has 0 aromatic carbocycles. The molecular formula is C8H10N2S. The molecule has 1 heterocycles. The van der Waals surface area contributed by atoms with E-state index in [-0.39, 0.29) is 0 Å². The van der Waals surface area contributed by atoms with E-state index in [4.69, 9.17) is 5.73 Å². The van der Waals surface area contributed by atoms with E-state index in [9.17, 15) is 0 Å². The molecule has 0 saturated carbocycles. The zero-order chi connectivity index (χ0) is 8.27. The van der Waals surface area contributed by atoms with Gasteiger partial charge in [-0.15, -0.1) is 0 Å². The molecule has 0 atom stereocenters. The van der Waals surface area contributed by atoms with Gasteiger partial charge in [0.15, 0.2) is 0 Å². The summed E-state index contributed by atoms with van der Waals surface area (Å²) < 4.78 is 4.00. The van der Waals surface area contributed by atoms with Gasteiger partial charge in [-0.1, -0.05) is 18.7 Å². The highest BCUT2D eigenvalue weighted by Gasteiger charge is 2.03. The second-order valence-corrected chi connectivity index (χ2v) is 2.85. The average Bonchev–Trinajstić information content (AvgIpc) is 2.33. The molecule has 0 aliphatic rings. The number of rotatable bonds is 2. The Balaban J connectivity index is 3.15. The number of allylic oxidation sites excluding steroid dienone is 1. The highest BCUT2D eigenvalue weighted by atomic mass is 32.1. The van der Waals surface area contributed by atoms with Gasteiger partial charge < -0.3 is 5.73 Å². The van der Waals surface area contributed by atoms with E-state index in [2.05, 4.69) is 11.0 Å². The Hall–Kier alpha value is -1.09. The summed E-state index contributed by atoms with van der Waals surface area (Å²) in [6.45, 7) is 5.62. The summed E-state index contributed by atoms with van der Waals surface area (Å²) in [5, 5.41) is 0. The molecule has 1 aromatic heterocycles. The maximum Gasteiger partial charge on any atom is 0.144 e. The SMILES string of the molecule is C=Cc1c(N)nsc1/C=C\C. The van der Waals surface area contributed by atoms with Crippen molar-refractivity contribution in [3.63, 3.8) is 0 Å². The predicted octanol–water partition coefficient (Wildman–Crippen LogP) is 2.40. The monoisotopic (exact) mass is 166 g/mol. The van der Waals surface area contributed by atoms with Gasteiger partial charge in [0.1, 0.15) is 5.82 Å². The molecule has 0 saturated heterocycles. The van der Waals surface area contributed by atoms with Gasteiger partial charge in [0.05, 0.1) is 4.88 Å². The van der Waals surface area contributed by atoms with Gasteiger partial charge in [-0.3, -0.25) is 0 Å². The fourth-order valence-corrected chi connectivity index (χ4v) is 1.58. The molecule has 0 radical (unpaired) electrons. The van der Waals surface area contributed by atoms with Gasteiger partial charge in [0, 0.05) is 5.56 Å². The van der Waals surface area contributed by atoms with Crippen molar-refractivity contribution >= 4 is 29.5 Å². The van der Waals surface area contributed by atoms with Gasteiger partial charge in [0.2, 0.25) is 0 Å². The smallest absolute Gasteiger partial charge is 0.144 e. The Bertz CT molecular complexity index is 286. The lowest BCUT2D eigenvalue weighted by Gasteiger charge is -1.88. The molecule has 0 spiro atoms. The summed E-state index contributed by atoms with van der Waals surface area (Å²) in [7, 11) is 0.